The van der Waals surface area contributed by atoms with E-state index in [0.717, 1.165) is 29.4 Å². The van der Waals surface area contributed by atoms with Gasteiger partial charge < -0.3 is 4.74 Å². The van der Waals surface area contributed by atoms with E-state index in [2.05, 4.69) is 17.7 Å². The monoisotopic (exact) mass is 440 g/mol. The molecule has 0 N–H and O–H groups in total. The molecule has 1 fully saturated rings. The topological polar surface area (TPSA) is 9.23 Å². The first-order valence-corrected chi connectivity index (χ1v) is 12.1. The summed E-state index contributed by atoms with van der Waals surface area (Å²) in [5.74, 6) is 0.0169. The zero-order valence-corrected chi connectivity index (χ0v) is 18.7. The fraction of sp³-hybridized carbons (Fsp3) is 0.692. The third kappa shape index (κ3) is 7.84. The Hall–Kier alpha value is -1.52. The molecule has 0 heterocycles. The first kappa shape index (κ1) is 24.1. The average Bonchev–Trinajstić information content (AvgIpc) is 2.72. The van der Waals surface area contributed by atoms with Crippen molar-refractivity contribution in [1.82, 2.24) is 0 Å². The Kier molecular flexibility index (Phi) is 8.85. The predicted molar refractivity (Wildman–Crippen MR) is 117 cm³/mol. The summed E-state index contributed by atoms with van der Waals surface area (Å²) >= 11 is 0. The fourth-order valence-electron chi connectivity index (χ4n) is 5.19. The molecule has 0 saturated heterocycles. The summed E-state index contributed by atoms with van der Waals surface area (Å²) in [4.78, 5) is 0. The third-order valence-electron chi connectivity index (χ3n) is 7.06. The van der Waals surface area contributed by atoms with Gasteiger partial charge in [-0.05, 0) is 60.8 Å². The van der Waals surface area contributed by atoms with Crippen LogP contribution in [-0.2, 0) is 12.8 Å². The second-order valence-electron chi connectivity index (χ2n) is 9.47. The number of hydrogen-bond acceptors (Lipinski definition) is 1. The molecule has 1 aromatic rings. The number of fused-ring (bicyclic) bond motifs is 1. The van der Waals surface area contributed by atoms with Gasteiger partial charge in [-0.25, -0.2) is 4.39 Å². The van der Waals surface area contributed by atoms with Crippen LogP contribution in [0.1, 0.15) is 95.1 Å². The zero-order valence-electron chi connectivity index (χ0n) is 18.7. The Bertz CT molecular complexity index is 730. The van der Waals surface area contributed by atoms with Gasteiger partial charge in [0.15, 0.2) is 11.6 Å². The minimum atomic E-state index is -4.88. The molecule has 31 heavy (non-hydrogen) atoms. The van der Waals surface area contributed by atoms with Crippen LogP contribution < -0.4 is 4.74 Å². The lowest BCUT2D eigenvalue weighted by Crippen LogP contribution is -2.18. The van der Waals surface area contributed by atoms with E-state index in [-0.39, 0.29) is 0 Å². The normalized spacial score (nSPS) is 21.5. The smallest absolute Gasteiger partial charge is 0.403 e. The molecule has 0 radical (unpaired) electrons. The van der Waals surface area contributed by atoms with Crippen LogP contribution in [-0.4, -0.2) is 6.36 Å². The van der Waals surface area contributed by atoms with Gasteiger partial charge in [0, 0.05) is 0 Å². The van der Waals surface area contributed by atoms with Gasteiger partial charge in [-0.2, -0.15) is 0 Å². The number of alkyl halides is 3. The quantitative estimate of drug-likeness (QED) is 0.201. The second-order valence-corrected chi connectivity index (χ2v) is 9.47. The van der Waals surface area contributed by atoms with Crippen molar-refractivity contribution >= 4 is 0 Å². The number of unbranched alkanes of at least 4 members (excludes halogenated alkanes) is 4. The molecule has 0 unspecified atom stereocenters. The Labute approximate surface area is 184 Å². The molecule has 0 amide bonds. The summed E-state index contributed by atoms with van der Waals surface area (Å²) < 4.78 is 55.1. The Morgan fingerprint density at radius 1 is 0.903 bits per heavy atom. The lowest BCUT2D eigenvalue weighted by Gasteiger charge is -2.29. The molecule has 1 aromatic carbocycles. The first-order chi connectivity index (χ1) is 14.8. The van der Waals surface area contributed by atoms with Crippen LogP contribution in [0.2, 0.25) is 0 Å². The molecule has 0 atom stereocenters. The van der Waals surface area contributed by atoms with E-state index < -0.39 is 17.9 Å². The van der Waals surface area contributed by atoms with Crippen molar-refractivity contribution in [2.75, 3.05) is 0 Å². The average molecular weight is 441 g/mol. The van der Waals surface area contributed by atoms with Gasteiger partial charge >= 0.3 is 6.36 Å². The van der Waals surface area contributed by atoms with E-state index in [1.807, 2.05) is 0 Å². The maximum atomic E-state index is 14.1. The van der Waals surface area contributed by atoms with E-state index in [1.165, 1.54) is 88.3 Å². The largest absolute Gasteiger partial charge is 0.573 e. The fourth-order valence-corrected chi connectivity index (χ4v) is 5.19. The third-order valence-corrected chi connectivity index (χ3v) is 7.06. The van der Waals surface area contributed by atoms with Gasteiger partial charge in [0.25, 0.3) is 0 Å². The van der Waals surface area contributed by atoms with Gasteiger partial charge in [0.05, 0.1) is 0 Å². The van der Waals surface area contributed by atoms with Crippen LogP contribution in [0.25, 0.3) is 0 Å². The molecule has 1 nitrogen and oxygen atoms in total. The van der Waals surface area contributed by atoms with Crippen molar-refractivity contribution in [1.29, 1.82) is 0 Å². The molecule has 0 spiro atoms. The van der Waals surface area contributed by atoms with Gasteiger partial charge in [0.1, 0.15) is 0 Å². The maximum Gasteiger partial charge on any atom is 0.573 e. The van der Waals surface area contributed by atoms with Crippen LogP contribution in [0.3, 0.4) is 0 Å². The number of allylic oxidation sites excluding steroid dienone is 2. The molecule has 0 bridgehead atoms. The molecule has 3 rings (SSSR count). The summed E-state index contributed by atoms with van der Waals surface area (Å²) in [6.07, 6.45) is 14.1. The van der Waals surface area contributed by atoms with Gasteiger partial charge in [-0.15, -0.1) is 13.2 Å². The highest BCUT2D eigenvalue weighted by Crippen LogP contribution is 2.37. The number of halogens is 4. The highest BCUT2D eigenvalue weighted by Gasteiger charge is 2.33. The number of rotatable bonds is 10. The molecule has 2 aliphatic carbocycles. The lowest BCUT2D eigenvalue weighted by atomic mass is 9.77. The van der Waals surface area contributed by atoms with E-state index >= 15 is 0 Å². The van der Waals surface area contributed by atoms with Crippen LogP contribution in [0, 0.1) is 17.7 Å². The van der Waals surface area contributed by atoms with Gasteiger partial charge in [-0.3, -0.25) is 0 Å². The van der Waals surface area contributed by atoms with Crippen molar-refractivity contribution < 1.29 is 22.3 Å². The molecular formula is C26H36F4O. The minimum absolute atomic E-state index is 0.546. The van der Waals surface area contributed by atoms with Crippen LogP contribution in [0.4, 0.5) is 17.6 Å². The highest BCUT2D eigenvalue weighted by atomic mass is 19.4. The van der Waals surface area contributed by atoms with Crippen molar-refractivity contribution in [2.45, 2.75) is 103 Å². The minimum Gasteiger partial charge on any atom is -0.403 e. The van der Waals surface area contributed by atoms with E-state index in [0.29, 0.717) is 12.8 Å². The first-order valence-electron chi connectivity index (χ1n) is 12.1. The van der Waals surface area contributed by atoms with Crippen molar-refractivity contribution in [3.8, 4) is 5.75 Å². The van der Waals surface area contributed by atoms with Crippen LogP contribution >= 0.6 is 0 Å². The summed E-state index contributed by atoms with van der Waals surface area (Å²) in [7, 11) is 0. The van der Waals surface area contributed by atoms with Crippen molar-refractivity contribution in [3.63, 3.8) is 0 Å². The highest BCUT2D eigenvalue weighted by molar-refractivity contribution is 5.43. The Morgan fingerprint density at radius 2 is 1.58 bits per heavy atom. The van der Waals surface area contributed by atoms with Crippen LogP contribution in [0.5, 0.6) is 5.75 Å². The summed E-state index contributed by atoms with van der Waals surface area (Å²) in [6, 6.07) is 2.42. The van der Waals surface area contributed by atoms with E-state index in [9.17, 15) is 17.6 Å². The predicted octanol–water partition coefficient (Wildman–Crippen LogP) is 8.70. The Balaban J connectivity index is 1.40. The number of ether oxygens (including phenoxy) is 1. The van der Waals surface area contributed by atoms with Crippen molar-refractivity contribution in [2.24, 2.45) is 11.8 Å². The standard InChI is InChI=1S/C26H36F4O/c1-2-3-4-5-6-7-19-8-10-20(11-9-19)12-13-21-14-15-22-18-25(31-26(28,29)30)24(27)17-23(22)16-21/h14,17-20H,2-13,15-16H2,1H3. The summed E-state index contributed by atoms with van der Waals surface area (Å²) in [5, 5.41) is 0. The van der Waals surface area contributed by atoms with E-state index in [1.54, 1.807) is 0 Å². The maximum absolute atomic E-state index is 14.1. The van der Waals surface area contributed by atoms with Gasteiger partial charge in [0.2, 0.25) is 0 Å². The number of benzene rings is 1. The summed E-state index contributed by atoms with van der Waals surface area (Å²) in [6.45, 7) is 2.26. The summed E-state index contributed by atoms with van der Waals surface area (Å²) in [5.41, 5.74) is 2.80. The molecular weight excluding hydrogens is 404 g/mol. The van der Waals surface area contributed by atoms with Gasteiger partial charge in [-0.1, -0.05) is 82.8 Å². The Morgan fingerprint density at radius 3 is 2.26 bits per heavy atom. The number of hydrogen-bond donors (Lipinski definition) is 0. The van der Waals surface area contributed by atoms with Crippen LogP contribution in [0.15, 0.2) is 23.8 Å². The molecule has 5 heteroatoms. The van der Waals surface area contributed by atoms with E-state index in [4.69, 9.17) is 0 Å². The SMILES string of the molecule is CCCCCCCC1CCC(CCC2=CCc3cc(OC(F)(F)F)c(F)cc3C2)CC1. The molecule has 1 saturated carbocycles. The molecule has 0 aromatic heterocycles. The molecule has 2 aliphatic rings. The molecule has 0 aliphatic heterocycles. The second kappa shape index (κ2) is 11.4. The lowest BCUT2D eigenvalue weighted by molar-refractivity contribution is -0.275. The zero-order chi connectivity index (χ0) is 22.3. The van der Waals surface area contributed by atoms with Crippen molar-refractivity contribution in [3.05, 3.63) is 40.7 Å². The molecule has 174 valence electrons.